The van der Waals surface area contributed by atoms with E-state index in [1.807, 2.05) is 0 Å². The maximum absolute atomic E-state index is 13.6. The molecule has 1 fully saturated rings. The smallest absolute Gasteiger partial charge is 0.230 e. The third-order valence-electron chi connectivity index (χ3n) is 4.73. The Labute approximate surface area is 168 Å². The number of aromatic nitrogens is 3. The largest absolute Gasteiger partial charge is 0.482 e. The van der Waals surface area contributed by atoms with E-state index in [1.165, 1.54) is 60.7 Å². The van der Waals surface area contributed by atoms with Crippen molar-refractivity contribution in [3.63, 3.8) is 0 Å². The molecule has 1 saturated carbocycles. The summed E-state index contributed by atoms with van der Waals surface area (Å²) in [5.74, 6) is 6.20. The number of carbonyl (C=O) groups excluding carboxylic acids is 1. The zero-order chi connectivity index (χ0) is 19.8. The van der Waals surface area contributed by atoms with Gasteiger partial charge in [0.1, 0.15) is 6.61 Å². The van der Waals surface area contributed by atoms with Crippen LogP contribution in [0, 0.1) is 5.82 Å². The second-order valence-corrected chi connectivity index (χ2v) is 7.83. The molecule has 7 nitrogen and oxygen atoms in total. The number of benzene rings is 1. The number of amides is 1. The summed E-state index contributed by atoms with van der Waals surface area (Å²) >= 11 is 1.22. The monoisotopic (exact) mass is 407 g/mol. The Hall–Kier alpha value is -2.29. The minimum atomic E-state index is -0.453. The molecule has 3 N–H and O–H groups in total. The maximum Gasteiger partial charge on any atom is 0.230 e. The van der Waals surface area contributed by atoms with Gasteiger partial charge in [0.15, 0.2) is 17.4 Å². The fourth-order valence-corrected chi connectivity index (χ4v) is 3.89. The molecule has 0 saturated heterocycles. The Morgan fingerprint density at radius 1 is 1.21 bits per heavy atom. The van der Waals surface area contributed by atoms with Crippen LogP contribution in [-0.2, 0) is 11.4 Å². The quantitative estimate of drug-likeness (QED) is 0.541. The Bertz CT molecular complexity index is 777. The molecule has 1 heterocycles. The maximum atomic E-state index is 13.6. The van der Waals surface area contributed by atoms with Crippen molar-refractivity contribution in [2.45, 2.75) is 62.8 Å². The van der Waals surface area contributed by atoms with Crippen molar-refractivity contribution < 1.29 is 13.9 Å². The van der Waals surface area contributed by atoms with Gasteiger partial charge in [0.2, 0.25) is 11.1 Å². The van der Waals surface area contributed by atoms with Gasteiger partial charge in [0.05, 0.1) is 5.75 Å². The van der Waals surface area contributed by atoms with Crippen LogP contribution in [-0.4, -0.2) is 32.6 Å². The van der Waals surface area contributed by atoms with E-state index in [2.05, 4.69) is 15.5 Å². The van der Waals surface area contributed by atoms with Crippen LogP contribution in [0.1, 0.15) is 50.8 Å². The van der Waals surface area contributed by atoms with Gasteiger partial charge in [0, 0.05) is 6.04 Å². The average molecular weight is 408 g/mol. The van der Waals surface area contributed by atoms with Crippen LogP contribution < -0.4 is 15.9 Å². The standard InChI is InChI=1S/C19H26FN5O2S/c20-15-10-6-7-11-16(15)27-12-17-23-24-19(25(17)21)28-13-18(26)22-14-8-4-2-1-3-5-9-14/h6-7,10-11,14H,1-5,8-9,12-13,21H2,(H,22,26). The van der Waals surface area contributed by atoms with Gasteiger partial charge in [-0.2, -0.15) is 0 Å². The lowest BCUT2D eigenvalue weighted by molar-refractivity contribution is -0.119. The summed E-state index contributed by atoms with van der Waals surface area (Å²) < 4.78 is 20.3. The van der Waals surface area contributed by atoms with E-state index in [4.69, 9.17) is 10.6 Å². The van der Waals surface area contributed by atoms with E-state index < -0.39 is 5.82 Å². The second-order valence-electron chi connectivity index (χ2n) is 6.89. The Morgan fingerprint density at radius 3 is 2.68 bits per heavy atom. The molecule has 1 aliphatic carbocycles. The molecule has 1 aromatic carbocycles. The highest BCUT2D eigenvalue weighted by Gasteiger charge is 2.17. The third kappa shape index (κ3) is 5.85. The highest BCUT2D eigenvalue weighted by Crippen LogP contribution is 2.20. The van der Waals surface area contributed by atoms with E-state index >= 15 is 0 Å². The van der Waals surface area contributed by atoms with Crippen LogP contribution in [0.15, 0.2) is 29.4 Å². The van der Waals surface area contributed by atoms with Crippen LogP contribution in [0.3, 0.4) is 0 Å². The first-order chi connectivity index (χ1) is 13.6. The summed E-state index contributed by atoms with van der Waals surface area (Å²) in [4.78, 5) is 12.3. The highest BCUT2D eigenvalue weighted by atomic mass is 32.2. The Balaban J connectivity index is 1.47. The average Bonchev–Trinajstić information content (AvgIpc) is 3.01. The van der Waals surface area contributed by atoms with Crippen LogP contribution in [0.4, 0.5) is 4.39 Å². The summed E-state index contributed by atoms with van der Waals surface area (Å²) in [6.07, 6.45) is 8.21. The van der Waals surface area contributed by atoms with Gasteiger partial charge in [-0.1, -0.05) is 56.0 Å². The van der Waals surface area contributed by atoms with Crippen LogP contribution in [0.2, 0.25) is 0 Å². The summed E-state index contributed by atoms with van der Waals surface area (Å²) in [6.45, 7) is -0.0146. The van der Waals surface area contributed by atoms with E-state index in [0.29, 0.717) is 11.0 Å². The number of nitrogens with zero attached hydrogens (tertiary/aromatic N) is 3. The number of carbonyl (C=O) groups is 1. The number of thioether (sulfide) groups is 1. The number of ether oxygens (including phenoxy) is 1. The zero-order valence-corrected chi connectivity index (χ0v) is 16.6. The predicted octanol–water partition coefficient (Wildman–Crippen LogP) is 3.03. The molecule has 0 atom stereocenters. The number of para-hydroxylation sites is 1. The molecule has 0 radical (unpaired) electrons. The fourth-order valence-electron chi connectivity index (χ4n) is 3.21. The number of nitrogens with one attached hydrogen (secondary N) is 1. The van der Waals surface area contributed by atoms with Crippen molar-refractivity contribution in [1.29, 1.82) is 0 Å². The molecule has 1 aromatic heterocycles. The number of halogens is 1. The third-order valence-corrected chi connectivity index (χ3v) is 5.67. The topological polar surface area (TPSA) is 95.1 Å². The van der Waals surface area contributed by atoms with Gasteiger partial charge in [-0.3, -0.25) is 4.79 Å². The lowest BCUT2D eigenvalue weighted by Gasteiger charge is -2.20. The molecule has 0 bridgehead atoms. The van der Waals surface area contributed by atoms with Crippen molar-refractivity contribution >= 4 is 17.7 Å². The lowest BCUT2D eigenvalue weighted by atomic mass is 9.97. The van der Waals surface area contributed by atoms with Crippen molar-refractivity contribution in [2.24, 2.45) is 0 Å². The Morgan fingerprint density at radius 2 is 1.93 bits per heavy atom. The number of hydrogen-bond donors (Lipinski definition) is 2. The summed E-state index contributed by atoms with van der Waals surface area (Å²) in [5.41, 5.74) is 0. The highest BCUT2D eigenvalue weighted by molar-refractivity contribution is 7.99. The van der Waals surface area contributed by atoms with E-state index in [-0.39, 0.29) is 30.1 Å². The fraction of sp³-hybridized carbons (Fsp3) is 0.526. The minimum Gasteiger partial charge on any atom is -0.482 e. The molecule has 1 aliphatic rings. The van der Waals surface area contributed by atoms with Crippen LogP contribution in [0.5, 0.6) is 5.75 Å². The molecule has 28 heavy (non-hydrogen) atoms. The van der Waals surface area contributed by atoms with Crippen LogP contribution in [0.25, 0.3) is 0 Å². The first-order valence-corrected chi connectivity index (χ1v) is 10.6. The summed E-state index contributed by atoms with van der Waals surface area (Å²) in [6, 6.07) is 6.38. The molecule has 9 heteroatoms. The molecule has 0 aliphatic heterocycles. The summed E-state index contributed by atoms with van der Waals surface area (Å²) in [7, 11) is 0. The normalized spacial score (nSPS) is 15.6. The first kappa shape index (κ1) is 20.4. The summed E-state index contributed by atoms with van der Waals surface area (Å²) in [5, 5.41) is 11.5. The van der Waals surface area contributed by atoms with Gasteiger partial charge in [-0.15, -0.1) is 10.2 Å². The molecular formula is C19H26FN5O2S. The van der Waals surface area contributed by atoms with Gasteiger partial charge >= 0.3 is 0 Å². The molecule has 3 rings (SSSR count). The molecule has 0 unspecified atom stereocenters. The zero-order valence-electron chi connectivity index (χ0n) is 15.8. The minimum absolute atomic E-state index is 0.0146. The van der Waals surface area contributed by atoms with Gasteiger partial charge < -0.3 is 15.9 Å². The number of rotatable bonds is 7. The van der Waals surface area contributed by atoms with Crippen LogP contribution >= 0.6 is 11.8 Å². The van der Waals surface area contributed by atoms with E-state index in [1.54, 1.807) is 12.1 Å². The van der Waals surface area contributed by atoms with E-state index in [0.717, 1.165) is 12.8 Å². The number of nitrogens with two attached hydrogens (primary N) is 1. The van der Waals surface area contributed by atoms with Crippen molar-refractivity contribution in [3.8, 4) is 5.75 Å². The van der Waals surface area contributed by atoms with Gasteiger partial charge in [-0.05, 0) is 25.0 Å². The lowest BCUT2D eigenvalue weighted by Crippen LogP contribution is -2.36. The number of hydrogen-bond acceptors (Lipinski definition) is 6. The molecule has 2 aromatic rings. The molecule has 152 valence electrons. The van der Waals surface area contributed by atoms with Gasteiger partial charge in [-0.25, -0.2) is 9.07 Å². The van der Waals surface area contributed by atoms with Gasteiger partial charge in [0.25, 0.3) is 0 Å². The van der Waals surface area contributed by atoms with Crippen molar-refractivity contribution in [3.05, 3.63) is 35.9 Å². The van der Waals surface area contributed by atoms with Crippen molar-refractivity contribution in [1.82, 2.24) is 20.2 Å². The Kier molecular flexibility index (Phi) is 7.53. The predicted molar refractivity (Wildman–Crippen MR) is 106 cm³/mol. The first-order valence-electron chi connectivity index (χ1n) is 9.62. The molecule has 1 amide bonds. The molecule has 0 spiro atoms. The number of nitrogen functional groups attached to an aromatic ring is 1. The van der Waals surface area contributed by atoms with E-state index in [9.17, 15) is 9.18 Å². The SMILES string of the molecule is Nn1c(COc2ccccc2F)nnc1SCC(=O)NC1CCCCCCC1. The van der Waals surface area contributed by atoms with Crippen molar-refractivity contribution in [2.75, 3.05) is 11.6 Å². The second kappa shape index (κ2) is 10.3. The molecular weight excluding hydrogens is 381 g/mol.